The Morgan fingerprint density at radius 3 is 1.20 bits per heavy atom. The average Bonchev–Trinajstić information content (AvgIpc) is 3.12. The maximum atomic E-state index is 12.4. The third-order valence-electron chi connectivity index (χ3n) is 10.5. The van der Waals surface area contributed by atoms with E-state index in [1.807, 2.05) is 6.08 Å². The Bertz CT molecular complexity index is 717. The van der Waals surface area contributed by atoms with Crippen molar-refractivity contribution in [1.29, 1.82) is 0 Å². The molecule has 0 spiro atoms. The van der Waals surface area contributed by atoms with Crippen LogP contribution in [0, 0.1) is 0 Å². The van der Waals surface area contributed by atoms with Crippen molar-refractivity contribution >= 4 is 5.91 Å². The van der Waals surface area contributed by atoms with E-state index in [0.717, 1.165) is 32.1 Å². The number of amides is 1. The summed E-state index contributed by atoms with van der Waals surface area (Å²) in [6, 6.07) is -0.995. The van der Waals surface area contributed by atoms with Crippen molar-refractivity contribution in [2.75, 3.05) is 6.61 Å². The first-order valence-electron chi connectivity index (χ1n) is 22.1. The van der Waals surface area contributed by atoms with Gasteiger partial charge in [-0.3, -0.25) is 4.79 Å². The molecule has 0 aliphatic carbocycles. The van der Waals surface area contributed by atoms with Gasteiger partial charge < -0.3 is 25.7 Å². The van der Waals surface area contributed by atoms with Crippen LogP contribution < -0.4 is 5.32 Å². The summed E-state index contributed by atoms with van der Waals surface area (Å²) in [5, 5.41) is 43.4. The molecule has 6 nitrogen and oxygen atoms in total. The van der Waals surface area contributed by atoms with Crippen LogP contribution in [-0.4, -0.2) is 57.3 Å². The lowest BCUT2D eigenvalue weighted by molar-refractivity contribution is -0.132. The second-order valence-electron chi connectivity index (χ2n) is 15.4. The van der Waals surface area contributed by atoms with Crippen molar-refractivity contribution in [2.24, 2.45) is 0 Å². The first-order chi connectivity index (χ1) is 24.5. The lowest BCUT2D eigenvalue weighted by Crippen LogP contribution is -2.53. The lowest BCUT2D eigenvalue weighted by atomic mass is 9.99. The fourth-order valence-electron chi connectivity index (χ4n) is 6.94. The van der Waals surface area contributed by atoms with Crippen LogP contribution in [0.25, 0.3) is 0 Å². The van der Waals surface area contributed by atoms with Gasteiger partial charge in [0.2, 0.25) is 5.91 Å². The second kappa shape index (κ2) is 39.3. The van der Waals surface area contributed by atoms with Crippen molar-refractivity contribution in [2.45, 2.75) is 257 Å². The maximum absolute atomic E-state index is 12.4. The molecule has 0 fully saturated rings. The summed E-state index contributed by atoms with van der Waals surface area (Å²) in [4.78, 5) is 12.4. The van der Waals surface area contributed by atoms with E-state index in [-0.39, 0.29) is 6.42 Å². The molecule has 0 aromatic carbocycles. The molecule has 5 N–H and O–H groups in total. The van der Waals surface area contributed by atoms with Crippen LogP contribution >= 0.6 is 0 Å². The number of carbonyl (C=O) groups is 1. The van der Waals surface area contributed by atoms with Crippen molar-refractivity contribution in [1.82, 2.24) is 5.32 Å². The molecule has 0 saturated carbocycles. The largest absolute Gasteiger partial charge is 0.394 e. The third-order valence-corrected chi connectivity index (χ3v) is 10.5. The molecule has 298 valence electrons. The number of unbranched alkanes of at least 4 members (excludes halogenated alkanes) is 29. The summed E-state index contributed by atoms with van der Waals surface area (Å²) in [7, 11) is 0. The number of nitrogens with one attached hydrogen (secondary N) is 1. The van der Waals surface area contributed by atoms with Gasteiger partial charge in [0.15, 0.2) is 0 Å². The Morgan fingerprint density at radius 1 is 0.480 bits per heavy atom. The molecule has 0 aliphatic rings. The minimum Gasteiger partial charge on any atom is -0.394 e. The summed E-state index contributed by atoms with van der Waals surface area (Å²) < 4.78 is 0. The summed E-state index contributed by atoms with van der Waals surface area (Å²) >= 11 is 0. The molecule has 50 heavy (non-hydrogen) atoms. The zero-order chi connectivity index (χ0) is 36.8. The van der Waals surface area contributed by atoms with E-state index in [9.17, 15) is 25.2 Å². The summed E-state index contributed by atoms with van der Waals surface area (Å²) in [5.74, 6) is -0.619. The maximum Gasteiger partial charge on any atom is 0.249 e. The third kappa shape index (κ3) is 32.9. The minimum absolute atomic E-state index is 0.285. The first-order valence-corrected chi connectivity index (χ1v) is 22.1. The number of allylic oxidation sites excluding steroid dienone is 2. The number of rotatable bonds is 40. The fourth-order valence-corrected chi connectivity index (χ4v) is 6.94. The molecule has 0 radical (unpaired) electrons. The van der Waals surface area contributed by atoms with Gasteiger partial charge in [-0.2, -0.15) is 0 Å². The lowest BCUT2D eigenvalue weighted by Gasteiger charge is -2.27. The number of aliphatic hydroxyl groups is 4. The minimum atomic E-state index is -1.27. The topological polar surface area (TPSA) is 110 Å². The SMILES string of the molecule is CCCCCC/C=C\CCC(O)C(=O)NC(CO)C(O)C(O)CCCCCCCCCCCCCCCCCCCCCCCCCCCC. The van der Waals surface area contributed by atoms with Gasteiger partial charge in [0, 0.05) is 0 Å². The van der Waals surface area contributed by atoms with Gasteiger partial charge in [-0.25, -0.2) is 0 Å². The van der Waals surface area contributed by atoms with Crippen LogP contribution in [0.2, 0.25) is 0 Å². The van der Waals surface area contributed by atoms with E-state index in [1.54, 1.807) is 0 Å². The zero-order valence-corrected chi connectivity index (χ0v) is 33.4. The molecule has 0 heterocycles. The van der Waals surface area contributed by atoms with Crippen LogP contribution in [0.3, 0.4) is 0 Å². The van der Waals surface area contributed by atoms with Gasteiger partial charge in [0.25, 0.3) is 0 Å². The zero-order valence-electron chi connectivity index (χ0n) is 33.4. The van der Waals surface area contributed by atoms with Gasteiger partial charge >= 0.3 is 0 Å². The molecule has 0 aliphatic heterocycles. The predicted octanol–water partition coefficient (Wildman–Crippen LogP) is 11.4. The standard InChI is InChI=1S/C44H87NO5/c1-3-5-7-9-11-13-14-15-16-17-18-19-20-21-22-23-24-25-26-27-28-29-30-32-33-35-37-41(47)43(49)40(39-46)45-44(50)42(48)38-36-34-31-12-10-8-6-4-2/h31,34,40-43,46-49H,3-30,32-33,35-39H2,1-2H3,(H,45,50)/b34-31-. The number of hydrogen-bond acceptors (Lipinski definition) is 5. The highest BCUT2D eigenvalue weighted by atomic mass is 16.3. The van der Waals surface area contributed by atoms with Crippen molar-refractivity contribution in [3.63, 3.8) is 0 Å². The van der Waals surface area contributed by atoms with Crippen LogP contribution in [0.5, 0.6) is 0 Å². The molecule has 0 rings (SSSR count). The van der Waals surface area contributed by atoms with Gasteiger partial charge in [-0.1, -0.05) is 212 Å². The normalized spacial score (nSPS) is 14.3. The first kappa shape index (κ1) is 49.0. The van der Waals surface area contributed by atoms with Crippen LogP contribution in [-0.2, 0) is 4.79 Å². The van der Waals surface area contributed by atoms with Crippen LogP contribution in [0.1, 0.15) is 232 Å². The van der Waals surface area contributed by atoms with Crippen LogP contribution in [0.15, 0.2) is 12.2 Å². The fraction of sp³-hybridized carbons (Fsp3) is 0.932. The monoisotopic (exact) mass is 710 g/mol. The highest BCUT2D eigenvalue weighted by Crippen LogP contribution is 2.17. The smallest absolute Gasteiger partial charge is 0.249 e. The van der Waals surface area contributed by atoms with E-state index in [0.29, 0.717) is 12.8 Å². The quantitative estimate of drug-likeness (QED) is 0.0321. The molecule has 0 aromatic rings. The molecule has 0 bridgehead atoms. The predicted molar refractivity (Wildman–Crippen MR) is 215 cm³/mol. The Hall–Kier alpha value is -0.950. The Balaban J connectivity index is 3.59. The summed E-state index contributed by atoms with van der Waals surface area (Å²) in [6.07, 6.45) is 42.9. The van der Waals surface area contributed by atoms with E-state index in [2.05, 4.69) is 25.2 Å². The highest BCUT2D eigenvalue weighted by Gasteiger charge is 2.28. The van der Waals surface area contributed by atoms with E-state index < -0.39 is 36.9 Å². The Morgan fingerprint density at radius 2 is 0.820 bits per heavy atom. The van der Waals surface area contributed by atoms with Gasteiger partial charge in [0.1, 0.15) is 12.2 Å². The molecule has 4 atom stereocenters. The Kier molecular flexibility index (Phi) is 38.5. The summed E-state index contributed by atoms with van der Waals surface area (Å²) in [5.41, 5.74) is 0. The van der Waals surface area contributed by atoms with Crippen molar-refractivity contribution < 1.29 is 25.2 Å². The number of hydrogen-bond donors (Lipinski definition) is 5. The molecular weight excluding hydrogens is 622 g/mol. The molecule has 4 unspecified atom stereocenters. The van der Waals surface area contributed by atoms with E-state index in [1.165, 1.54) is 167 Å². The Labute approximate surface area is 311 Å². The molecule has 0 saturated heterocycles. The number of aliphatic hydroxyl groups excluding tert-OH is 4. The van der Waals surface area contributed by atoms with Crippen molar-refractivity contribution in [3.8, 4) is 0 Å². The second-order valence-corrected chi connectivity index (χ2v) is 15.4. The van der Waals surface area contributed by atoms with Crippen LogP contribution in [0.4, 0.5) is 0 Å². The molecule has 1 amide bonds. The molecule has 6 heteroatoms. The molecular formula is C44H87NO5. The van der Waals surface area contributed by atoms with E-state index >= 15 is 0 Å². The highest BCUT2D eigenvalue weighted by molar-refractivity contribution is 5.80. The van der Waals surface area contributed by atoms with Crippen molar-refractivity contribution in [3.05, 3.63) is 12.2 Å². The van der Waals surface area contributed by atoms with Gasteiger partial charge in [-0.05, 0) is 32.1 Å². The average molecular weight is 710 g/mol. The molecule has 0 aromatic heterocycles. The summed E-state index contributed by atoms with van der Waals surface area (Å²) in [6.45, 7) is 3.99. The van der Waals surface area contributed by atoms with Gasteiger partial charge in [-0.15, -0.1) is 0 Å². The van der Waals surface area contributed by atoms with E-state index in [4.69, 9.17) is 0 Å². The number of carbonyl (C=O) groups excluding carboxylic acids is 1. The van der Waals surface area contributed by atoms with Gasteiger partial charge in [0.05, 0.1) is 18.8 Å².